The second-order valence-electron chi connectivity index (χ2n) is 3.57. The molecule has 1 aromatic carbocycles. The van der Waals surface area contributed by atoms with Crippen LogP contribution in [0.1, 0.15) is 5.56 Å². The highest BCUT2D eigenvalue weighted by molar-refractivity contribution is 9.10. The number of benzene rings is 1. The zero-order valence-corrected chi connectivity index (χ0v) is 10.6. The molecule has 0 fully saturated rings. The quantitative estimate of drug-likeness (QED) is 0.900. The molecule has 1 aromatic heterocycles. The number of nitrogens with one attached hydrogen (secondary N) is 1. The molecule has 2 aromatic rings. The van der Waals surface area contributed by atoms with Crippen LogP contribution < -0.4 is 5.32 Å². The Hall–Kier alpha value is -1.49. The van der Waals surface area contributed by atoms with Crippen LogP contribution in [-0.2, 0) is 0 Å². The number of hydrogen-bond acceptors (Lipinski definition) is 2. The molecule has 0 atom stereocenters. The number of halogens is 3. The highest BCUT2D eigenvalue weighted by Gasteiger charge is 2.06. The predicted molar refractivity (Wildman–Crippen MR) is 66.3 cm³/mol. The normalized spacial score (nSPS) is 10.4. The number of aryl methyl sites for hydroxylation is 1. The van der Waals surface area contributed by atoms with E-state index in [4.69, 9.17) is 0 Å². The monoisotopic (exact) mass is 298 g/mol. The van der Waals surface area contributed by atoms with Crippen molar-refractivity contribution < 1.29 is 8.78 Å². The zero-order chi connectivity index (χ0) is 12.4. The average Bonchev–Trinajstić information content (AvgIpc) is 2.27. The van der Waals surface area contributed by atoms with Crippen LogP contribution in [0.25, 0.3) is 0 Å². The fraction of sp³-hybridized carbons (Fsp3) is 0.0833. The van der Waals surface area contributed by atoms with Crippen molar-refractivity contribution in [2.24, 2.45) is 0 Å². The molecular formula is C12H9BrF2N2. The van der Waals surface area contributed by atoms with Crippen LogP contribution in [0.4, 0.5) is 20.3 Å². The molecule has 2 rings (SSSR count). The van der Waals surface area contributed by atoms with Gasteiger partial charge in [-0.25, -0.2) is 13.8 Å². The Morgan fingerprint density at radius 2 is 1.94 bits per heavy atom. The first-order valence-corrected chi connectivity index (χ1v) is 5.70. The largest absolute Gasteiger partial charge is 0.338 e. The number of rotatable bonds is 2. The van der Waals surface area contributed by atoms with Gasteiger partial charge in [-0.05, 0) is 46.6 Å². The molecule has 0 aliphatic carbocycles. The summed E-state index contributed by atoms with van der Waals surface area (Å²) in [4.78, 5) is 3.87. The van der Waals surface area contributed by atoms with E-state index in [0.717, 1.165) is 0 Å². The first kappa shape index (κ1) is 12.0. The fourth-order valence-corrected chi connectivity index (χ4v) is 1.62. The maximum Gasteiger partial charge on any atom is 0.166 e. The van der Waals surface area contributed by atoms with Crippen molar-refractivity contribution in [1.29, 1.82) is 0 Å². The molecule has 0 spiro atoms. The van der Waals surface area contributed by atoms with E-state index in [1.165, 1.54) is 18.3 Å². The molecule has 0 aliphatic heterocycles. The minimum absolute atomic E-state index is 0.0662. The molecular weight excluding hydrogens is 290 g/mol. The van der Waals surface area contributed by atoms with Gasteiger partial charge in [0.15, 0.2) is 11.6 Å². The number of anilines is 2. The van der Waals surface area contributed by atoms with Crippen LogP contribution in [0, 0.1) is 18.6 Å². The van der Waals surface area contributed by atoms with Crippen LogP contribution in [0.2, 0.25) is 0 Å². The van der Waals surface area contributed by atoms with Gasteiger partial charge in [0.05, 0.1) is 0 Å². The van der Waals surface area contributed by atoms with Gasteiger partial charge in [0.2, 0.25) is 0 Å². The van der Waals surface area contributed by atoms with Gasteiger partial charge in [-0.1, -0.05) is 6.07 Å². The summed E-state index contributed by atoms with van der Waals surface area (Å²) in [7, 11) is 0. The van der Waals surface area contributed by atoms with Gasteiger partial charge < -0.3 is 5.32 Å². The van der Waals surface area contributed by atoms with Crippen molar-refractivity contribution in [3.05, 3.63) is 52.1 Å². The molecule has 0 amide bonds. The fourth-order valence-electron chi connectivity index (χ4n) is 1.31. The molecule has 0 unspecified atom stereocenters. The van der Waals surface area contributed by atoms with E-state index in [-0.39, 0.29) is 11.6 Å². The van der Waals surface area contributed by atoms with E-state index in [1.54, 1.807) is 19.1 Å². The molecule has 5 heteroatoms. The van der Waals surface area contributed by atoms with Gasteiger partial charge in [0.25, 0.3) is 0 Å². The van der Waals surface area contributed by atoms with Crippen molar-refractivity contribution >= 4 is 27.4 Å². The SMILES string of the molecule is Cc1ccc(Nc2ncc(Br)cc2F)cc1F. The van der Waals surface area contributed by atoms with Gasteiger partial charge in [0, 0.05) is 16.4 Å². The Bertz CT molecular complexity index is 558. The summed E-state index contributed by atoms with van der Waals surface area (Å²) in [6.45, 7) is 1.66. The summed E-state index contributed by atoms with van der Waals surface area (Å²) in [5.74, 6) is -0.774. The van der Waals surface area contributed by atoms with Gasteiger partial charge >= 0.3 is 0 Å². The van der Waals surface area contributed by atoms with E-state index in [2.05, 4.69) is 26.2 Å². The van der Waals surface area contributed by atoms with Crippen LogP contribution >= 0.6 is 15.9 Å². The Labute approximate surface area is 106 Å². The van der Waals surface area contributed by atoms with Crippen molar-refractivity contribution in [3.8, 4) is 0 Å². The van der Waals surface area contributed by atoms with Crippen molar-refractivity contribution in [2.75, 3.05) is 5.32 Å². The third-order valence-electron chi connectivity index (χ3n) is 2.24. The Morgan fingerprint density at radius 1 is 1.18 bits per heavy atom. The second kappa shape index (κ2) is 4.79. The highest BCUT2D eigenvalue weighted by atomic mass is 79.9. The highest BCUT2D eigenvalue weighted by Crippen LogP contribution is 2.21. The van der Waals surface area contributed by atoms with E-state index < -0.39 is 5.82 Å². The average molecular weight is 299 g/mol. The number of pyridine rings is 1. The summed E-state index contributed by atoms with van der Waals surface area (Å²) in [5, 5.41) is 2.72. The van der Waals surface area contributed by atoms with Gasteiger partial charge in [0.1, 0.15) is 5.82 Å². The molecule has 0 aliphatic rings. The van der Waals surface area contributed by atoms with Crippen molar-refractivity contribution in [3.63, 3.8) is 0 Å². The summed E-state index contributed by atoms with van der Waals surface area (Å²) >= 11 is 3.11. The lowest BCUT2D eigenvalue weighted by atomic mass is 10.2. The van der Waals surface area contributed by atoms with E-state index in [9.17, 15) is 8.78 Å². The molecule has 0 saturated heterocycles. The molecule has 0 bridgehead atoms. The van der Waals surface area contributed by atoms with Crippen LogP contribution in [0.5, 0.6) is 0 Å². The lowest BCUT2D eigenvalue weighted by molar-refractivity contribution is 0.618. The van der Waals surface area contributed by atoms with E-state index >= 15 is 0 Å². The number of aromatic nitrogens is 1. The Kier molecular flexibility index (Phi) is 3.38. The first-order valence-electron chi connectivity index (χ1n) is 4.90. The summed E-state index contributed by atoms with van der Waals surface area (Å²) in [5.41, 5.74) is 1.00. The zero-order valence-electron chi connectivity index (χ0n) is 8.97. The van der Waals surface area contributed by atoms with Crippen molar-refractivity contribution in [1.82, 2.24) is 4.98 Å². The lowest BCUT2D eigenvalue weighted by Gasteiger charge is -2.07. The van der Waals surface area contributed by atoms with Gasteiger partial charge in [-0.3, -0.25) is 0 Å². The third-order valence-corrected chi connectivity index (χ3v) is 2.68. The maximum absolute atomic E-state index is 13.5. The van der Waals surface area contributed by atoms with Gasteiger partial charge in [-0.2, -0.15) is 0 Å². The van der Waals surface area contributed by atoms with Crippen molar-refractivity contribution in [2.45, 2.75) is 6.92 Å². The Morgan fingerprint density at radius 3 is 2.59 bits per heavy atom. The number of hydrogen-bond donors (Lipinski definition) is 1. The van der Waals surface area contributed by atoms with E-state index in [0.29, 0.717) is 15.7 Å². The second-order valence-corrected chi connectivity index (χ2v) is 4.49. The topological polar surface area (TPSA) is 24.9 Å². The first-order chi connectivity index (χ1) is 8.06. The summed E-state index contributed by atoms with van der Waals surface area (Å²) in [6.07, 6.45) is 1.47. The molecule has 1 N–H and O–H groups in total. The maximum atomic E-state index is 13.5. The molecule has 1 heterocycles. The predicted octanol–water partition coefficient (Wildman–Crippen LogP) is 4.17. The molecule has 2 nitrogen and oxygen atoms in total. The summed E-state index contributed by atoms with van der Waals surface area (Å²) < 4.78 is 27.3. The van der Waals surface area contributed by atoms with Crippen LogP contribution in [-0.4, -0.2) is 4.98 Å². The Balaban J connectivity index is 2.28. The minimum atomic E-state index is -0.500. The summed E-state index contributed by atoms with van der Waals surface area (Å²) in [6, 6.07) is 5.88. The lowest BCUT2D eigenvalue weighted by Crippen LogP contribution is -1.97. The molecule has 17 heavy (non-hydrogen) atoms. The molecule has 88 valence electrons. The third kappa shape index (κ3) is 2.79. The smallest absolute Gasteiger partial charge is 0.166 e. The van der Waals surface area contributed by atoms with Crippen LogP contribution in [0.3, 0.4) is 0 Å². The number of nitrogens with zero attached hydrogens (tertiary/aromatic N) is 1. The van der Waals surface area contributed by atoms with Crippen LogP contribution in [0.15, 0.2) is 34.9 Å². The molecule has 0 saturated carbocycles. The minimum Gasteiger partial charge on any atom is -0.338 e. The molecule has 0 radical (unpaired) electrons. The van der Waals surface area contributed by atoms with Gasteiger partial charge in [-0.15, -0.1) is 0 Å². The standard InChI is InChI=1S/C12H9BrF2N2/c1-7-2-3-9(5-10(7)14)17-12-11(15)4-8(13)6-16-12/h2-6H,1H3,(H,16,17). The van der Waals surface area contributed by atoms with E-state index in [1.807, 2.05) is 0 Å².